The molecule has 0 spiro atoms. The lowest BCUT2D eigenvalue weighted by molar-refractivity contribution is 0.502. The number of sulfone groups is 1. The fraction of sp³-hybridized carbons (Fsp3) is 0.312. The molecule has 2 aromatic heterocycles. The van der Waals surface area contributed by atoms with E-state index < -0.39 is 9.84 Å². The van der Waals surface area contributed by atoms with E-state index in [4.69, 9.17) is 0 Å². The molecule has 7 heteroatoms. The molecule has 1 aromatic carbocycles. The van der Waals surface area contributed by atoms with Gasteiger partial charge >= 0.3 is 0 Å². The molecule has 0 bridgehead atoms. The predicted octanol–water partition coefficient (Wildman–Crippen LogP) is 2.16. The molecule has 3 heterocycles. The highest BCUT2D eigenvalue weighted by Crippen LogP contribution is 2.31. The number of hydrogen-bond acceptors (Lipinski definition) is 5. The lowest BCUT2D eigenvalue weighted by Crippen LogP contribution is -2.14. The van der Waals surface area contributed by atoms with Crippen LogP contribution in [0.25, 0.3) is 22.3 Å². The van der Waals surface area contributed by atoms with Gasteiger partial charge in [0.1, 0.15) is 5.82 Å². The van der Waals surface area contributed by atoms with Crippen molar-refractivity contribution >= 4 is 20.7 Å². The Bertz CT molecular complexity index is 989. The first-order chi connectivity index (χ1) is 11.0. The van der Waals surface area contributed by atoms with Gasteiger partial charge in [0.2, 0.25) is 0 Å². The van der Waals surface area contributed by atoms with Gasteiger partial charge in [0.15, 0.2) is 15.7 Å². The number of aromatic nitrogens is 4. The second-order valence-electron chi connectivity index (χ2n) is 5.86. The van der Waals surface area contributed by atoms with Gasteiger partial charge in [-0.1, -0.05) is 18.2 Å². The van der Waals surface area contributed by atoms with Crippen molar-refractivity contribution in [1.82, 2.24) is 19.7 Å². The number of nitrogens with zero attached hydrogens (tertiary/aromatic N) is 4. The summed E-state index contributed by atoms with van der Waals surface area (Å²) in [6.45, 7) is 1.83. The maximum atomic E-state index is 11.8. The third-order valence-electron chi connectivity index (χ3n) is 4.18. The Hall–Kier alpha value is -2.28. The third-order valence-corrected chi connectivity index (χ3v) is 5.93. The summed E-state index contributed by atoms with van der Waals surface area (Å²) >= 11 is 0. The molecule has 6 nitrogen and oxygen atoms in total. The normalized spacial score (nSPS) is 20.1. The highest BCUT2D eigenvalue weighted by atomic mass is 32.2. The number of hydrogen-bond donors (Lipinski definition) is 0. The molecule has 118 valence electrons. The van der Waals surface area contributed by atoms with Crippen LogP contribution in [-0.2, 0) is 9.84 Å². The SMILES string of the molecule is Cc1nc(-c2ccnc3ccccc23)n([C@@H]2CCS(=O)(=O)C2)n1. The fourth-order valence-electron chi connectivity index (χ4n) is 3.13. The van der Waals surface area contributed by atoms with Gasteiger partial charge in [-0.2, -0.15) is 5.10 Å². The van der Waals surface area contributed by atoms with Crippen LogP contribution < -0.4 is 0 Å². The number of fused-ring (bicyclic) bond motifs is 1. The molecule has 0 saturated carbocycles. The van der Waals surface area contributed by atoms with Gasteiger partial charge in [0, 0.05) is 17.1 Å². The van der Waals surface area contributed by atoms with Crippen LogP contribution in [-0.4, -0.2) is 39.7 Å². The van der Waals surface area contributed by atoms with Gasteiger partial charge in [-0.3, -0.25) is 4.98 Å². The Balaban J connectivity index is 1.89. The molecule has 0 unspecified atom stereocenters. The van der Waals surface area contributed by atoms with Gasteiger partial charge in [0.25, 0.3) is 0 Å². The molecule has 1 saturated heterocycles. The van der Waals surface area contributed by atoms with Crippen LogP contribution in [0.5, 0.6) is 0 Å². The second kappa shape index (κ2) is 5.13. The van der Waals surface area contributed by atoms with E-state index in [0.717, 1.165) is 16.5 Å². The standard InChI is InChI=1S/C16H16N4O2S/c1-11-18-16(20(19-11)12-7-9-23(21,22)10-12)14-6-8-17-15-5-3-2-4-13(14)15/h2-6,8,12H,7,9-10H2,1H3/t12-/m1/s1. The lowest BCUT2D eigenvalue weighted by atomic mass is 10.1. The molecule has 4 rings (SSSR count). The first-order valence-corrected chi connectivity index (χ1v) is 9.33. The monoisotopic (exact) mass is 328 g/mol. The zero-order valence-corrected chi connectivity index (χ0v) is 13.5. The molecule has 0 N–H and O–H groups in total. The number of para-hydroxylation sites is 1. The smallest absolute Gasteiger partial charge is 0.159 e. The first kappa shape index (κ1) is 14.3. The number of benzene rings is 1. The summed E-state index contributed by atoms with van der Waals surface area (Å²) in [5.74, 6) is 1.70. The van der Waals surface area contributed by atoms with Crippen molar-refractivity contribution in [3.8, 4) is 11.4 Å². The molecule has 1 aliphatic heterocycles. The summed E-state index contributed by atoms with van der Waals surface area (Å²) in [4.78, 5) is 8.92. The van der Waals surface area contributed by atoms with Gasteiger partial charge < -0.3 is 0 Å². The molecule has 3 aromatic rings. The average molecular weight is 328 g/mol. The quantitative estimate of drug-likeness (QED) is 0.720. The topological polar surface area (TPSA) is 77.7 Å². The van der Waals surface area contributed by atoms with Crippen LogP contribution in [0.3, 0.4) is 0 Å². The molecular formula is C16H16N4O2S. The predicted molar refractivity (Wildman–Crippen MR) is 87.8 cm³/mol. The Morgan fingerprint density at radius 1 is 1.22 bits per heavy atom. The average Bonchev–Trinajstić information content (AvgIpc) is 3.09. The summed E-state index contributed by atoms with van der Waals surface area (Å²) in [6.07, 6.45) is 2.33. The molecule has 0 amide bonds. The number of pyridine rings is 1. The van der Waals surface area contributed by atoms with Gasteiger partial charge in [0.05, 0.1) is 23.1 Å². The minimum atomic E-state index is -2.98. The Morgan fingerprint density at radius 3 is 2.83 bits per heavy atom. The molecular weight excluding hydrogens is 312 g/mol. The largest absolute Gasteiger partial charge is 0.256 e. The zero-order chi connectivity index (χ0) is 16.0. The van der Waals surface area contributed by atoms with Gasteiger partial charge in [-0.05, 0) is 25.5 Å². The number of aryl methyl sites for hydroxylation is 1. The molecule has 1 fully saturated rings. The van der Waals surface area contributed by atoms with Crippen molar-refractivity contribution in [2.75, 3.05) is 11.5 Å². The van der Waals surface area contributed by atoms with E-state index in [1.54, 1.807) is 10.9 Å². The Morgan fingerprint density at radius 2 is 2.04 bits per heavy atom. The minimum Gasteiger partial charge on any atom is -0.256 e. The molecule has 23 heavy (non-hydrogen) atoms. The summed E-state index contributed by atoms with van der Waals surface area (Å²) in [5, 5.41) is 5.45. The minimum absolute atomic E-state index is 0.131. The van der Waals surface area contributed by atoms with Crippen LogP contribution in [0.1, 0.15) is 18.3 Å². The summed E-state index contributed by atoms with van der Waals surface area (Å²) < 4.78 is 25.4. The first-order valence-electron chi connectivity index (χ1n) is 7.51. The highest BCUT2D eigenvalue weighted by Gasteiger charge is 2.32. The van der Waals surface area contributed by atoms with E-state index in [1.165, 1.54) is 0 Å². The zero-order valence-electron chi connectivity index (χ0n) is 12.7. The van der Waals surface area contributed by atoms with Crippen molar-refractivity contribution in [2.45, 2.75) is 19.4 Å². The van der Waals surface area contributed by atoms with E-state index in [-0.39, 0.29) is 17.5 Å². The molecule has 0 aliphatic carbocycles. The highest BCUT2D eigenvalue weighted by molar-refractivity contribution is 7.91. The van der Waals surface area contributed by atoms with Crippen LogP contribution in [0, 0.1) is 6.92 Å². The van der Waals surface area contributed by atoms with Crippen molar-refractivity contribution in [2.24, 2.45) is 0 Å². The van der Waals surface area contributed by atoms with Crippen LogP contribution in [0.15, 0.2) is 36.5 Å². The van der Waals surface area contributed by atoms with Crippen molar-refractivity contribution in [3.05, 3.63) is 42.4 Å². The van der Waals surface area contributed by atoms with E-state index in [2.05, 4.69) is 15.1 Å². The Kier molecular flexibility index (Phi) is 3.19. The van der Waals surface area contributed by atoms with Gasteiger partial charge in [-0.15, -0.1) is 0 Å². The van der Waals surface area contributed by atoms with Crippen LogP contribution in [0.4, 0.5) is 0 Å². The summed E-state index contributed by atoms with van der Waals surface area (Å²) in [5.41, 5.74) is 1.82. The van der Waals surface area contributed by atoms with E-state index in [0.29, 0.717) is 18.1 Å². The van der Waals surface area contributed by atoms with Crippen molar-refractivity contribution in [1.29, 1.82) is 0 Å². The van der Waals surface area contributed by atoms with Crippen LogP contribution in [0.2, 0.25) is 0 Å². The van der Waals surface area contributed by atoms with Crippen molar-refractivity contribution in [3.63, 3.8) is 0 Å². The molecule has 1 atom stereocenters. The second-order valence-corrected chi connectivity index (χ2v) is 8.09. The number of rotatable bonds is 2. The van der Waals surface area contributed by atoms with E-state index in [9.17, 15) is 8.42 Å². The third kappa shape index (κ3) is 2.50. The van der Waals surface area contributed by atoms with Crippen molar-refractivity contribution < 1.29 is 8.42 Å². The summed E-state index contributed by atoms with van der Waals surface area (Å²) in [6, 6.07) is 9.61. The Labute approximate surface area is 134 Å². The lowest BCUT2D eigenvalue weighted by Gasteiger charge is -2.13. The van der Waals surface area contributed by atoms with E-state index in [1.807, 2.05) is 37.3 Å². The fourth-order valence-corrected chi connectivity index (χ4v) is 4.82. The van der Waals surface area contributed by atoms with E-state index >= 15 is 0 Å². The maximum absolute atomic E-state index is 11.8. The van der Waals surface area contributed by atoms with Gasteiger partial charge in [-0.25, -0.2) is 18.1 Å². The van der Waals surface area contributed by atoms with Crippen LogP contribution >= 0.6 is 0 Å². The summed E-state index contributed by atoms with van der Waals surface area (Å²) in [7, 11) is -2.98. The maximum Gasteiger partial charge on any atom is 0.159 e. The molecule has 0 radical (unpaired) electrons. The molecule has 1 aliphatic rings.